The first-order chi connectivity index (χ1) is 7.89. The molecule has 0 spiro atoms. The third kappa shape index (κ3) is 2.16. The van der Waals surface area contributed by atoms with E-state index in [1.807, 2.05) is 20.8 Å². The zero-order valence-electron chi connectivity index (χ0n) is 10.1. The highest BCUT2D eigenvalue weighted by molar-refractivity contribution is 5.65. The Bertz CT molecular complexity index is 504. The third-order valence-corrected chi connectivity index (χ3v) is 2.65. The van der Waals surface area contributed by atoms with Crippen LogP contribution in [0.5, 0.6) is 5.75 Å². The second kappa shape index (κ2) is 3.87. The molecule has 0 unspecified atom stereocenters. The van der Waals surface area contributed by atoms with Crippen molar-refractivity contribution in [1.29, 1.82) is 0 Å². The van der Waals surface area contributed by atoms with Crippen molar-refractivity contribution >= 4 is 0 Å². The summed E-state index contributed by atoms with van der Waals surface area (Å²) in [6.07, 6.45) is 3.25. The quantitative estimate of drug-likeness (QED) is 0.795. The van der Waals surface area contributed by atoms with Gasteiger partial charge in [0.15, 0.2) is 0 Å². The predicted molar refractivity (Wildman–Crippen MR) is 64.3 cm³/mol. The molecular weight excluding hydrogens is 219 g/mol. The molecule has 0 atom stereocenters. The average Bonchev–Trinajstić information content (AvgIpc) is 2.66. The number of nitrogens with zero attached hydrogens (tertiary/aromatic N) is 1. The van der Waals surface area contributed by atoms with Crippen molar-refractivity contribution in [2.45, 2.75) is 26.2 Å². The lowest BCUT2D eigenvalue weighted by molar-refractivity contribution is 0.429. The highest BCUT2D eigenvalue weighted by Gasteiger charge is 2.23. The first kappa shape index (κ1) is 11.6. The second-order valence-electron chi connectivity index (χ2n) is 5.09. The minimum absolute atomic E-state index is 0.0197. The van der Waals surface area contributed by atoms with Gasteiger partial charge in [-0.3, -0.25) is 5.10 Å². The van der Waals surface area contributed by atoms with Gasteiger partial charge in [0, 0.05) is 17.3 Å². The fraction of sp³-hybridized carbons (Fsp3) is 0.308. The number of H-pyrrole nitrogens is 1. The van der Waals surface area contributed by atoms with E-state index in [4.69, 9.17) is 0 Å². The van der Waals surface area contributed by atoms with Crippen molar-refractivity contribution in [3.05, 3.63) is 35.9 Å². The Labute approximate surface area is 99.3 Å². The molecule has 1 heterocycles. The van der Waals surface area contributed by atoms with Gasteiger partial charge in [-0.15, -0.1) is 0 Å². The molecule has 0 aliphatic heterocycles. The highest BCUT2D eigenvalue weighted by Crippen LogP contribution is 2.36. The van der Waals surface area contributed by atoms with Gasteiger partial charge in [0.05, 0.1) is 6.20 Å². The summed E-state index contributed by atoms with van der Waals surface area (Å²) in [6, 6.07) is 2.99. The number of hydrogen-bond donors (Lipinski definition) is 2. The number of benzene rings is 1. The van der Waals surface area contributed by atoms with Gasteiger partial charge >= 0.3 is 0 Å². The van der Waals surface area contributed by atoms with Gasteiger partial charge in [-0.2, -0.15) is 5.10 Å². The van der Waals surface area contributed by atoms with E-state index in [1.165, 1.54) is 6.07 Å². The summed E-state index contributed by atoms with van der Waals surface area (Å²) in [5.74, 6) is -0.414. The lowest BCUT2D eigenvalue weighted by Crippen LogP contribution is -2.14. The Balaban J connectivity index is 2.57. The summed E-state index contributed by atoms with van der Waals surface area (Å²) < 4.78 is 14.0. The SMILES string of the molecule is CC(C)(C)c1c(O)cc(-c2cn[nH]c2)cc1F. The number of halogens is 1. The number of hydrogen-bond acceptors (Lipinski definition) is 2. The number of aromatic nitrogens is 2. The van der Waals surface area contributed by atoms with Crippen molar-refractivity contribution in [1.82, 2.24) is 10.2 Å². The minimum Gasteiger partial charge on any atom is -0.508 e. The van der Waals surface area contributed by atoms with E-state index in [0.717, 1.165) is 5.56 Å². The fourth-order valence-corrected chi connectivity index (χ4v) is 1.91. The molecule has 0 saturated carbocycles. The van der Waals surface area contributed by atoms with Crippen LogP contribution in [0.25, 0.3) is 11.1 Å². The van der Waals surface area contributed by atoms with E-state index < -0.39 is 11.2 Å². The Morgan fingerprint density at radius 3 is 2.41 bits per heavy atom. The molecule has 0 saturated heterocycles. The van der Waals surface area contributed by atoms with Crippen LogP contribution in [-0.4, -0.2) is 15.3 Å². The molecule has 0 amide bonds. The molecule has 0 radical (unpaired) electrons. The molecule has 4 heteroatoms. The van der Waals surface area contributed by atoms with Crippen molar-refractivity contribution in [2.75, 3.05) is 0 Å². The summed E-state index contributed by atoms with van der Waals surface area (Å²) in [4.78, 5) is 0. The zero-order chi connectivity index (χ0) is 12.6. The summed E-state index contributed by atoms with van der Waals surface area (Å²) in [5, 5.41) is 16.4. The molecule has 2 rings (SSSR count). The van der Waals surface area contributed by atoms with Gasteiger partial charge in [0.25, 0.3) is 0 Å². The number of nitrogens with one attached hydrogen (secondary N) is 1. The maximum atomic E-state index is 14.0. The molecular formula is C13H15FN2O. The topological polar surface area (TPSA) is 48.9 Å². The molecule has 1 aromatic carbocycles. The van der Waals surface area contributed by atoms with Gasteiger partial charge < -0.3 is 5.11 Å². The van der Waals surface area contributed by atoms with Gasteiger partial charge in [0.1, 0.15) is 11.6 Å². The van der Waals surface area contributed by atoms with Crippen molar-refractivity contribution in [3.8, 4) is 16.9 Å². The van der Waals surface area contributed by atoms with Crippen LogP contribution in [0.3, 0.4) is 0 Å². The summed E-state index contributed by atoms with van der Waals surface area (Å²) in [6.45, 7) is 5.59. The number of aromatic amines is 1. The van der Waals surface area contributed by atoms with E-state index >= 15 is 0 Å². The van der Waals surface area contributed by atoms with E-state index in [1.54, 1.807) is 18.5 Å². The van der Waals surface area contributed by atoms with Gasteiger partial charge in [-0.25, -0.2) is 4.39 Å². The standard InChI is InChI=1S/C13H15FN2O/c1-13(2,3)12-10(14)4-8(5-11(12)17)9-6-15-16-7-9/h4-7,17H,1-3H3,(H,15,16). The van der Waals surface area contributed by atoms with Crippen LogP contribution in [0.4, 0.5) is 4.39 Å². The van der Waals surface area contributed by atoms with Gasteiger partial charge in [-0.05, 0) is 23.1 Å². The smallest absolute Gasteiger partial charge is 0.131 e. The number of rotatable bonds is 1. The van der Waals surface area contributed by atoms with Gasteiger partial charge in [0.2, 0.25) is 0 Å². The van der Waals surface area contributed by atoms with Crippen LogP contribution >= 0.6 is 0 Å². The van der Waals surface area contributed by atoms with E-state index in [0.29, 0.717) is 11.1 Å². The largest absolute Gasteiger partial charge is 0.508 e. The molecule has 0 aliphatic rings. The molecule has 2 aromatic rings. The maximum absolute atomic E-state index is 14.0. The number of phenolic OH excluding ortho intramolecular Hbond substituents is 1. The molecule has 0 bridgehead atoms. The van der Waals surface area contributed by atoms with Gasteiger partial charge in [-0.1, -0.05) is 20.8 Å². The van der Waals surface area contributed by atoms with Crippen molar-refractivity contribution in [2.24, 2.45) is 0 Å². The average molecular weight is 234 g/mol. The Morgan fingerprint density at radius 1 is 1.24 bits per heavy atom. The van der Waals surface area contributed by atoms with Crippen molar-refractivity contribution in [3.63, 3.8) is 0 Å². The Kier molecular flexibility index (Phi) is 2.65. The highest BCUT2D eigenvalue weighted by atomic mass is 19.1. The summed E-state index contributed by atoms with van der Waals surface area (Å²) in [7, 11) is 0. The third-order valence-electron chi connectivity index (χ3n) is 2.65. The van der Waals surface area contributed by atoms with Crippen LogP contribution in [0.2, 0.25) is 0 Å². The van der Waals surface area contributed by atoms with Crippen LogP contribution < -0.4 is 0 Å². The molecule has 90 valence electrons. The van der Waals surface area contributed by atoms with E-state index in [-0.39, 0.29) is 5.75 Å². The van der Waals surface area contributed by atoms with Crippen LogP contribution in [-0.2, 0) is 5.41 Å². The summed E-state index contributed by atoms with van der Waals surface area (Å²) in [5.41, 5.74) is 1.27. The molecule has 0 aliphatic carbocycles. The fourth-order valence-electron chi connectivity index (χ4n) is 1.91. The predicted octanol–water partition coefficient (Wildman–Crippen LogP) is 3.22. The number of aromatic hydroxyl groups is 1. The first-order valence-corrected chi connectivity index (χ1v) is 5.42. The number of phenols is 1. The molecule has 0 fully saturated rings. The Morgan fingerprint density at radius 2 is 1.94 bits per heavy atom. The molecule has 3 nitrogen and oxygen atoms in total. The van der Waals surface area contributed by atoms with Crippen LogP contribution in [0, 0.1) is 5.82 Å². The van der Waals surface area contributed by atoms with Crippen LogP contribution in [0.15, 0.2) is 24.5 Å². The molecule has 2 N–H and O–H groups in total. The van der Waals surface area contributed by atoms with Crippen molar-refractivity contribution < 1.29 is 9.50 Å². The van der Waals surface area contributed by atoms with E-state index in [2.05, 4.69) is 10.2 Å². The van der Waals surface area contributed by atoms with E-state index in [9.17, 15) is 9.50 Å². The molecule has 17 heavy (non-hydrogen) atoms. The maximum Gasteiger partial charge on any atom is 0.131 e. The first-order valence-electron chi connectivity index (χ1n) is 5.42. The summed E-state index contributed by atoms with van der Waals surface area (Å²) >= 11 is 0. The zero-order valence-corrected chi connectivity index (χ0v) is 10.1. The molecule has 1 aromatic heterocycles. The second-order valence-corrected chi connectivity index (χ2v) is 5.09. The normalized spacial score (nSPS) is 11.8. The Hall–Kier alpha value is -1.84. The monoisotopic (exact) mass is 234 g/mol. The minimum atomic E-state index is -0.427. The lowest BCUT2D eigenvalue weighted by Gasteiger charge is -2.21. The lowest BCUT2D eigenvalue weighted by atomic mass is 9.85. The van der Waals surface area contributed by atoms with Crippen LogP contribution in [0.1, 0.15) is 26.3 Å².